The van der Waals surface area contributed by atoms with Gasteiger partial charge in [0.15, 0.2) is 0 Å². The van der Waals surface area contributed by atoms with Gasteiger partial charge in [0, 0.05) is 13.0 Å². The maximum Gasteiger partial charge on any atom is 0.327 e. The van der Waals surface area contributed by atoms with Gasteiger partial charge < -0.3 is 15.1 Å². The van der Waals surface area contributed by atoms with E-state index in [4.69, 9.17) is 9.79 Å². The van der Waals surface area contributed by atoms with E-state index in [1.165, 1.54) is 57.8 Å². The van der Waals surface area contributed by atoms with Gasteiger partial charge in [0.25, 0.3) is 0 Å². The fourth-order valence-electron chi connectivity index (χ4n) is 2.38. The van der Waals surface area contributed by atoms with Crippen LogP contribution in [0, 0.1) is 0 Å². The highest BCUT2D eigenvalue weighted by Crippen LogP contribution is 2.32. The van der Waals surface area contributed by atoms with E-state index >= 15 is 0 Å². The van der Waals surface area contributed by atoms with Crippen molar-refractivity contribution in [3.63, 3.8) is 0 Å². The smallest absolute Gasteiger partial charge is 0.327 e. The lowest BCUT2D eigenvalue weighted by Gasteiger charge is -2.06. The Morgan fingerprint density at radius 2 is 1.32 bits per heavy atom. The van der Waals surface area contributed by atoms with Crippen molar-refractivity contribution in [3.05, 3.63) is 0 Å². The van der Waals surface area contributed by atoms with E-state index in [9.17, 15) is 9.36 Å². The maximum absolute atomic E-state index is 11.4. The number of carbonyl (C=O) groups excluding carboxylic acids is 1. The summed E-state index contributed by atoms with van der Waals surface area (Å²) in [4.78, 5) is 28.8. The third-order valence-corrected chi connectivity index (χ3v) is 4.54. The predicted molar refractivity (Wildman–Crippen MR) is 91.0 cm³/mol. The lowest BCUT2D eigenvalue weighted by Crippen LogP contribution is -2.26. The van der Waals surface area contributed by atoms with E-state index in [0.717, 1.165) is 12.8 Å². The average Bonchev–Trinajstić information content (AvgIpc) is 2.43. The Morgan fingerprint density at radius 1 is 0.864 bits per heavy atom. The van der Waals surface area contributed by atoms with Gasteiger partial charge >= 0.3 is 7.60 Å². The Hall–Kier alpha value is -0.380. The van der Waals surface area contributed by atoms with Crippen molar-refractivity contribution in [1.29, 1.82) is 0 Å². The molecule has 0 aliphatic heterocycles. The van der Waals surface area contributed by atoms with E-state index in [1.807, 2.05) is 0 Å². The summed E-state index contributed by atoms with van der Waals surface area (Å²) in [7, 11) is -3.99. The summed E-state index contributed by atoms with van der Waals surface area (Å²) < 4.78 is 10.6. The number of amides is 1. The summed E-state index contributed by atoms with van der Waals surface area (Å²) in [5, 5.41) is 2.54. The zero-order chi connectivity index (χ0) is 16.7. The molecule has 5 nitrogen and oxygen atoms in total. The molecule has 0 spiro atoms. The number of hydrogen-bond donors (Lipinski definition) is 3. The fraction of sp³-hybridized carbons (Fsp3) is 0.938. The Bertz CT molecular complexity index is 317. The van der Waals surface area contributed by atoms with Gasteiger partial charge in [-0.15, -0.1) is 0 Å². The molecule has 1 amide bonds. The molecule has 0 atom stereocenters. The highest BCUT2D eigenvalue weighted by atomic mass is 31.2. The van der Waals surface area contributed by atoms with Crippen LogP contribution in [0.5, 0.6) is 0 Å². The highest BCUT2D eigenvalue weighted by molar-refractivity contribution is 7.51. The number of rotatable bonds is 15. The molecule has 0 saturated heterocycles. The summed E-state index contributed by atoms with van der Waals surface area (Å²) >= 11 is 0. The minimum atomic E-state index is -3.99. The molecule has 0 aromatic rings. The molecule has 6 heteroatoms. The van der Waals surface area contributed by atoms with Crippen molar-refractivity contribution in [2.75, 3.05) is 12.7 Å². The third kappa shape index (κ3) is 17.7. The molecule has 0 aromatic heterocycles. The summed E-state index contributed by atoms with van der Waals surface area (Å²) in [6.45, 7) is 2.29. The van der Waals surface area contributed by atoms with E-state index in [0.29, 0.717) is 6.42 Å². The van der Waals surface area contributed by atoms with Crippen LogP contribution in [0.4, 0.5) is 0 Å². The molecule has 3 N–H and O–H groups in total. The van der Waals surface area contributed by atoms with Gasteiger partial charge in [0.1, 0.15) is 0 Å². The summed E-state index contributed by atoms with van der Waals surface area (Å²) in [6, 6.07) is 0. The van der Waals surface area contributed by atoms with Crippen LogP contribution in [0.3, 0.4) is 0 Å². The number of unbranched alkanes of at least 4 members (excludes halogenated alkanes) is 10. The standard InChI is InChI=1S/C16H34NO4P/c1-2-3-4-5-6-7-8-9-10-11-12-13-16(18)17-14-15-22(19,20)21/h2-15H2,1H3,(H,17,18)(H2,19,20,21). The third-order valence-electron chi connectivity index (χ3n) is 3.73. The van der Waals surface area contributed by atoms with Gasteiger partial charge in [-0.2, -0.15) is 0 Å². The molecular weight excluding hydrogens is 301 g/mol. The van der Waals surface area contributed by atoms with Crippen molar-refractivity contribution in [3.8, 4) is 0 Å². The van der Waals surface area contributed by atoms with Gasteiger partial charge in [0.05, 0.1) is 6.16 Å². The van der Waals surface area contributed by atoms with Gasteiger partial charge in [-0.3, -0.25) is 9.36 Å². The van der Waals surface area contributed by atoms with Crippen LogP contribution in [0.25, 0.3) is 0 Å². The predicted octanol–water partition coefficient (Wildman–Crippen LogP) is 3.98. The summed E-state index contributed by atoms with van der Waals surface area (Å²) in [5.41, 5.74) is 0. The quantitative estimate of drug-likeness (QED) is 0.312. The average molecular weight is 335 g/mol. The van der Waals surface area contributed by atoms with Crippen LogP contribution in [0.2, 0.25) is 0 Å². The minimum absolute atomic E-state index is 0.0567. The second-order valence-electron chi connectivity index (χ2n) is 6.02. The molecule has 22 heavy (non-hydrogen) atoms. The van der Waals surface area contributed by atoms with E-state index in [1.54, 1.807) is 0 Å². The Balaban J connectivity index is 3.22. The summed E-state index contributed by atoms with van der Waals surface area (Å²) in [6.07, 6.45) is 13.9. The first-order valence-corrected chi connectivity index (χ1v) is 10.6. The number of carbonyl (C=O) groups is 1. The molecule has 0 saturated carbocycles. The lowest BCUT2D eigenvalue weighted by molar-refractivity contribution is -0.121. The topological polar surface area (TPSA) is 86.6 Å². The molecule has 0 aliphatic rings. The molecule has 0 radical (unpaired) electrons. The van der Waals surface area contributed by atoms with Crippen molar-refractivity contribution in [2.45, 2.75) is 84.0 Å². The first kappa shape index (κ1) is 21.6. The monoisotopic (exact) mass is 335 g/mol. The number of nitrogens with one attached hydrogen (secondary N) is 1. The number of hydrogen-bond acceptors (Lipinski definition) is 2. The van der Waals surface area contributed by atoms with Crippen LogP contribution in [-0.4, -0.2) is 28.4 Å². The maximum atomic E-state index is 11.4. The van der Waals surface area contributed by atoms with Crippen LogP contribution < -0.4 is 5.32 Å². The Labute approximate surface area is 135 Å². The zero-order valence-electron chi connectivity index (χ0n) is 14.1. The van der Waals surface area contributed by atoms with Crippen LogP contribution in [0.1, 0.15) is 84.0 Å². The van der Waals surface area contributed by atoms with E-state index < -0.39 is 7.60 Å². The fourth-order valence-corrected chi connectivity index (χ4v) is 2.78. The van der Waals surface area contributed by atoms with Crippen LogP contribution in [-0.2, 0) is 9.36 Å². The van der Waals surface area contributed by atoms with Gasteiger partial charge in [0.2, 0.25) is 5.91 Å². The van der Waals surface area contributed by atoms with E-state index in [2.05, 4.69) is 12.2 Å². The van der Waals surface area contributed by atoms with Crippen molar-refractivity contribution >= 4 is 13.5 Å². The van der Waals surface area contributed by atoms with Crippen molar-refractivity contribution in [2.24, 2.45) is 0 Å². The summed E-state index contributed by atoms with van der Waals surface area (Å²) in [5.74, 6) is -0.107. The highest BCUT2D eigenvalue weighted by Gasteiger charge is 2.12. The zero-order valence-corrected chi connectivity index (χ0v) is 15.0. The molecule has 0 fully saturated rings. The Kier molecular flexibility index (Phi) is 14.0. The first-order valence-electron chi connectivity index (χ1n) is 8.77. The largest absolute Gasteiger partial charge is 0.355 e. The second kappa shape index (κ2) is 14.2. The molecule has 0 unspecified atom stereocenters. The van der Waals surface area contributed by atoms with Gasteiger partial charge in [-0.05, 0) is 6.42 Å². The van der Waals surface area contributed by atoms with Crippen LogP contribution >= 0.6 is 7.60 Å². The second-order valence-corrected chi connectivity index (χ2v) is 7.80. The first-order chi connectivity index (χ1) is 10.5. The normalized spacial score (nSPS) is 11.6. The Morgan fingerprint density at radius 3 is 1.77 bits per heavy atom. The molecule has 0 aromatic carbocycles. The van der Waals surface area contributed by atoms with Crippen molar-refractivity contribution < 1.29 is 19.1 Å². The molecule has 0 aliphatic carbocycles. The van der Waals surface area contributed by atoms with Crippen molar-refractivity contribution in [1.82, 2.24) is 5.32 Å². The SMILES string of the molecule is CCCCCCCCCCCCCC(=O)NCCP(=O)(O)O. The van der Waals surface area contributed by atoms with Gasteiger partial charge in [-0.1, -0.05) is 71.1 Å². The van der Waals surface area contributed by atoms with Gasteiger partial charge in [-0.25, -0.2) is 0 Å². The molecular formula is C16H34NO4P. The molecule has 0 heterocycles. The molecule has 0 bridgehead atoms. The van der Waals surface area contributed by atoms with E-state index in [-0.39, 0.29) is 18.6 Å². The molecule has 0 rings (SSSR count). The lowest BCUT2D eigenvalue weighted by atomic mass is 10.1. The molecule has 132 valence electrons. The minimum Gasteiger partial charge on any atom is -0.355 e. The van der Waals surface area contributed by atoms with Crippen LogP contribution in [0.15, 0.2) is 0 Å².